The lowest BCUT2D eigenvalue weighted by Crippen LogP contribution is -2.37. The number of rotatable bonds is 13. The Hall–Kier alpha value is -3.65. The zero-order chi connectivity index (χ0) is 26.0. The number of aliphatic hydroxyl groups is 1. The molecule has 7 nitrogen and oxygen atoms in total. The third-order valence-electron chi connectivity index (χ3n) is 5.99. The second kappa shape index (κ2) is 13.1. The van der Waals surface area contributed by atoms with E-state index < -0.39 is 6.10 Å². The summed E-state index contributed by atoms with van der Waals surface area (Å²) in [4.78, 5) is 2.14. The number of para-hydroxylation sites is 2. The highest BCUT2D eigenvalue weighted by Gasteiger charge is 2.23. The molecule has 4 aromatic rings. The second-order valence-corrected chi connectivity index (χ2v) is 9.04. The van der Waals surface area contributed by atoms with Gasteiger partial charge in [0.15, 0.2) is 0 Å². The number of methoxy groups -OCH3 is 1. The van der Waals surface area contributed by atoms with Crippen molar-refractivity contribution in [2.24, 2.45) is 0 Å². The molecule has 1 aromatic heterocycles. The Balaban J connectivity index is 1.58. The lowest BCUT2D eigenvalue weighted by molar-refractivity contribution is 0.0539. The van der Waals surface area contributed by atoms with Crippen molar-refractivity contribution in [2.45, 2.75) is 26.5 Å². The molecule has 37 heavy (non-hydrogen) atoms. The van der Waals surface area contributed by atoms with Crippen molar-refractivity contribution in [3.05, 3.63) is 102 Å². The maximum atomic E-state index is 10.8. The molecule has 0 aliphatic heterocycles. The van der Waals surface area contributed by atoms with Crippen LogP contribution in [0.25, 0.3) is 5.69 Å². The van der Waals surface area contributed by atoms with Crippen molar-refractivity contribution in [3.63, 3.8) is 0 Å². The molecule has 194 valence electrons. The van der Waals surface area contributed by atoms with E-state index in [1.165, 1.54) is 0 Å². The summed E-state index contributed by atoms with van der Waals surface area (Å²) in [5.74, 6) is 2.14. The highest BCUT2D eigenvalue weighted by molar-refractivity contribution is 5.43. The third kappa shape index (κ3) is 7.43. The lowest BCUT2D eigenvalue weighted by Gasteiger charge is -2.25. The molecule has 0 saturated carbocycles. The highest BCUT2D eigenvalue weighted by Crippen LogP contribution is 2.32. The van der Waals surface area contributed by atoms with E-state index in [9.17, 15) is 5.11 Å². The van der Waals surface area contributed by atoms with Crippen LogP contribution in [-0.4, -0.2) is 59.3 Å². The van der Waals surface area contributed by atoms with Crippen molar-refractivity contribution in [2.75, 3.05) is 33.4 Å². The SMILES string of the molecule is COCCN(Cc1c(C)nn(-c2ccccc2)c1Oc1cccc(C)c1)CC(O)COc1ccccc1. The molecular formula is C30H35N3O4. The molecule has 0 radical (unpaired) electrons. The van der Waals surface area contributed by atoms with Crippen LogP contribution in [-0.2, 0) is 11.3 Å². The number of aromatic nitrogens is 2. The maximum Gasteiger partial charge on any atom is 0.227 e. The topological polar surface area (TPSA) is 69.0 Å². The molecule has 0 bridgehead atoms. The van der Waals surface area contributed by atoms with Gasteiger partial charge in [0.1, 0.15) is 24.2 Å². The molecule has 1 unspecified atom stereocenters. The average molecular weight is 502 g/mol. The Bertz CT molecular complexity index is 1240. The fourth-order valence-electron chi connectivity index (χ4n) is 4.10. The smallest absolute Gasteiger partial charge is 0.227 e. The Morgan fingerprint density at radius 1 is 0.919 bits per heavy atom. The van der Waals surface area contributed by atoms with Crippen LogP contribution >= 0.6 is 0 Å². The van der Waals surface area contributed by atoms with E-state index in [-0.39, 0.29) is 6.61 Å². The Kier molecular flexibility index (Phi) is 9.32. The van der Waals surface area contributed by atoms with Gasteiger partial charge < -0.3 is 19.3 Å². The van der Waals surface area contributed by atoms with Crippen LogP contribution in [0.5, 0.6) is 17.4 Å². The molecule has 7 heteroatoms. The van der Waals surface area contributed by atoms with E-state index >= 15 is 0 Å². The minimum absolute atomic E-state index is 0.197. The van der Waals surface area contributed by atoms with Crippen molar-refractivity contribution in [1.82, 2.24) is 14.7 Å². The van der Waals surface area contributed by atoms with E-state index in [1.54, 1.807) is 7.11 Å². The van der Waals surface area contributed by atoms with Crippen LogP contribution in [0.4, 0.5) is 0 Å². The number of ether oxygens (including phenoxy) is 3. The van der Waals surface area contributed by atoms with Gasteiger partial charge in [-0.25, -0.2) is 4.68 Å². The van der Waals surface area contributed by atoms with E-state index in [0.717, 1.165) is 34.0 Å². The molecule has 0 spiro atoms. The molecular weight excluding hydrogens is 466 g/mol. The Labute approximate surface area is 218 Å². The standard InChI is InChI=1S/C30H35N3O4/c1-23-11-10-16-28(19-23)37-30-29(24(2)31-33(30)25-12-6-4-7-13-25)21-32(17-18-35-3)20-26(34)22-36-27-14-8-5-9-15-27/h4-16,19,26,34H,17-18,20-22H2,1-3H3. The number of aryl methyl sites for hydroxylation is 2. The van der Waals surface area contributed by atoms with Crippen LogP contribution in [0.15, 0.2) is 84.9 Å². The minimum Gasteiger partial charge on any atom is -0.491 e. The summed E-state index contributed by atoms with van der Waals surface area (Å²) in [5, 5.41) is 15.6. The van der Waals surface area contributed by atoms with Gasteiger partial charge in [0.05, 0.1) is 23.6 Å². The van der Waals surface area contributed by atoms with Crippen LogP contribution in [0.3, 0.4) is 0 Å². The van der Waals surface area contributed by atoms with Gasteiger partial charge in [-0.2, -0.15) is 5.10 Å². The van der Waals surface area contributed by atoms with Gasteiger partial charge >= 0.3 is 0 Å². The van der Waals surface area contributed by atoms with Crippen molar-refractivity contribution >= 4 is 0 Å². The quantitative estimate of drug-likeness (QED) is 0.273. The number of hydrogen-bond donors (Lipinski definition) is 1. The van der Waals surface area contributed by atoms with E-state index in [4.69, 9.17) is 19.3 Å². The van der Waals surface area contributed by atoms with Crippen LogP contribution in [0.2, 0.25) is 0 Å². The van der Waals surface area contributed by atoms with E-state index in [1.807, 2.05) is 103 Å². The van der Waals surface area contributed by atoms with Gasteiger partial charge in [-0.15, -0.1) is 0 Å². The summed E-state index contributed by atoms with van der Waals surface area (Å²) in [6, 6.07) is 27.5. The fourth-order valence-corrected chi connectivity index (χ4v) is 4.10. The predicted molar refractivity (Wildman–Crippen MR) is 145 cm³/mol. The van der Waals surface area contributed by atoms with Gasteiger partial charge in [0, 0.05) is 26.7 Å². The highest BCUT2D eigenvalue weighted by atomic mass is 16.5. The summed E-state index contributed by atoms with van der Waals surface area (Å²) in [7, 11) is 1.68. The molecule has 3 aromatic carbocycles. The first-order chi connectivity index (χ1) is 18.0. The Morgan fingerprint density at radius 2 is 1.62 bits per heavy atom. The Morgan fingerprint density at radius 3 is 2.32 bits per heavy atom. The van der Waals surface area contributed by atoms with Gasteiger partial charge in [0.25, 0.3) is 0 Å². The molecule has 1 heterocycles. The zero-order valence-electron chi connectivity index (χ0n) is 21.7. The molecule has 0 amide bonds. The molecule has 1 N–H and O–H groups in total. The third-order valence-corrected chi connectivity index (χ3v) is 5.99. The molecule has 0 aliphatic rings. The van der Waals surface area contributed by atoms with E-state index in [0.29, 0.717) is 32.1 Å². The molecule has 0 saturated heterocycles. The van der Waals surface area contributed by atoms with Gasteiger partial charge in [-0.3, -0.25) is 4.90 Å². The normalized spacial score (nSPS) is 12.0. The van der Waals surface area contributed by atoms with Gasteiger partial charge in [0.2, 0.25) is 5.88 Å². The average Bonchev–Trinajstić information content (AvgIpc) is 3.21. The number of benzene rings is 3. The second-order valence-electron chi connectivity index (χ2n) is 9.04. The first-order valence-corrected chi connectivity index (χ1v) is 12.5. The monoisotopic (exact) mass is 501 g/mol. The van der Waals surface area contributed by atoms with Crippen LogP contribution in [0, 0.1) is 13.8 Å². The van der Waals surface area contributed by atoms with Crippen LogP contribution in [0.1, 0.15) is 16.8 Å². The van der Waals surface area contributed by atoms with Gasteiger partial charge in [-0.1, -0.05) is 48.5 Å². The first kappa shape index (κ1) is 26.4. The van der Waals surface area contributed by atoms with Gasteiger partial charge in [-0.05, 0) is 55.8 Å². The van der Waals surface area contributed by atoms with Crippen molar-refractivity contribution in [1.29, 1.82) is 0 Å². The summed E-state index contributed by atoms with van der Waals surface area (Å²) < 4.78 is 19.4. The molecule has 4 rings (SSSR count). The fraction of sp³-hybridized carbons (Fsp3) is 0.300. The largest absolute Gasteiger partial charge is 0.491 e. The number of hydrogen-bond acceptors (Lipinski definition) is 6. The number of aliphatic hydroxyl groups excluding tert-OH is 1. The molecule has 0 fully saturated rings. The lowest BCUT2D eigenvalue weighted by atomic mass is 10.2. The number of nitrogens with zero attached hydrogens (tertiary/aromatic N) is 3. The predicted octanol–water partition coefficient (Wildman–Crippen LogP) is 5.17. The molecule has 1 atom stereocenters. The minimum atomic E-state index is -0.678. The summed E-state index contributed by atoms with van der Waals surface area (Å²) >= 11 is 0. The van der Waals surface area contributed by atoms with Crippen molar-refractivity contribution < 1.29 is 19.3 Å². The van der Waals surface area contributed by atoms with Crippen molar-refractivity contribution in [3.8, 4) is 23.1 Å². The summed E-state index contributed by atoms with van der Waals surface area (Å²) in [6.45, 7) is 6.34. The summed E-state index contributed by atoms with van der Waals surface area (Å²) in [5.41, 5.74) is 3.85. The maximum absolute atomic E-state index is 10.8. The van der Waals surface area contributed by atoms with Crippen LogP contribution < -0.4 is 9.47 Å². The zero-order valence-corrected chi connectivity index (χ0v) is 21.7. The van der Waals surface area contributed by atoms with E-state index in [2.05, 4.69) is 4.90 Å². The first-order valence-electron chi connectivity index (χ1n) is 12.5. The summed E-state index contributed by atoms with van der Waals surface area (Å²) in [6.07, 6.45) is -0.678. The molecule has 0 aliphatic carbocycles.